The largest absolute Gasteiger partial charge is 0.462 e. The number of hydrogen-bond acceptors (Lipinski definition) is 12. The second-order valence-electron chi connectivity index (χ2n) is 17.1. The number of carbonyl (C=O) groups is 2. The monoisotopic (exact) mass is 782 g/mol. The molecule has 3 aliphatic heterocycles. The van der Waals surface area contributed by atoms with Crippen molar-refractivity contribution in [1.82, 2.24) is 4.90 Å². The number of esters is 1. The molecule has 318 valence electrons. The van der Waals surface area contributed by atoms with Crippen LogP contribution in [-0.2, 0) is 42.7 Å². The van der Waals surface area contributed by atoms with E-state index in [0.29, 0.717) is 19.3 Å². The maximum Gasteiger partial charge on any atom is 0.308 e. The second-order valence-corrected chi connectivity index (χ2v) is 17.1. The SMILES string of the molecule is CC[C@H]1OC(=O)C[C@@H](O)[C@H](C)[C@@H](O[C@@H]2O[C@H](C)[C@@H](C)[C@H](N(C)C)[C@H]2C)[C@@H](CC(OC)OC)C[C@@H](C)C(=O)/C=C/C(C)=C/[C@@H]1CO[C@@H]1O[C@H](C)[C@@H](O)[C@@H](C)[C@H]1C. The molecule has 3 rings (SSSR count). The second kappa shape index (κ2) is 21.9. The Morgan fingerprint density at radius 2 is 1.49 bits per heavy atom. The van der Waals surface area contributed by atoms with Crippen molar-refractivity contribution in [2.75, 3.05) is 34.9 Å². The van der Waals surface area contributed by atoms with Gasteiger partial charge in [0.15, 0.2) is 24.7 Å². The first-order valence-corrected chi connectivity index (χ1v) is 20.6. The molecule has 0 aromatic carbocycles. The average Bonchev–Trinajstić information content (AvgIpc) is 3.14. The van der Waals surface area contributed by atoms with Crippen molar-refractivity contribution in [1.29, 1.82) is 0 Å². The number of allylic oxidation sites excluding steroid dienone is 3. The van der Waals surface area contributed by atoms with Gasteiger partial charge < -0.3 is 48.3 Å². The normalized spacial score (nSPS) is 43.2. The van der Waals surface area contributed by atoms with Gasteiger partial charge in [0.05, 0.1) is 43.5 Å². The number of ketones is 1. The van der Waals surface area contributed by atoms with Gasteiger partial charge in [-0.2, -0.15) is 0 Å². The Labute approximate surface area is 331 Å². The first kappa shape index (κ1) is 47.6. The number of nitrogens with zero attached hydrogens (tertiary/aromatic N) is 1. The molecule has 3 aliphatic rings. The highest BCUT2D eigenvalue weighted by Crippen LogP contribution is 2.39. The molecule has 0 saturated carbocycles. The fourth-order valence-corrected chi connectivity index (χ4v) is 8.86. The predicted octanol–water partition coefficient (Wildman–Crippen LogP) is 5.78. The molecule has 2 N–H and O–H groups in total. The maximum atomic E-state index is 13.8. The van der Waals surface area contributed by atoms with Gasteiger partial charge in [0.2, 0.25) is 0 Å². The minimum Gasteiger partial charge on any atom is -0.462 e. The lowest BCUT2D eigenvalue weighted by atomic mass is 9.79. The van der Waals surface area contributed by atoms with Crippen LogP contribution < -0.4 is 0 Å². The summed E-state index contributed by atoms with van der Waals surface area (Å²) in [7, 11) is 7.29. The number of hydrogen-bond donors (Lipinski definition) is 2. The summed E-state index contributed by atoms with van der Waals surface area (Å²) < 4.78 is 43.4. The molecule has 55 heavy (non-hydrogen) atoms. The van der Waals surface area contributed by atoms with E-state index >= 15 is 0 Å². The summed E-state index contributed by atoms with van der Waals surface area (Å²) in [6.45, 7) is 20.0. The molecule has 0 unspecified atom stereocenters. The molecule has 12 nitrogen and oxygen atoms in total. The number of methoxy groups -OCH3 is 2. The molecule has 0 bridgehead atoms. The Hall–Kier alpha value is -1.74. The third-order valence-electron chi connectivity index (χ3n) is 12.8. The average molecular weight is 782 g/mol. The quantitative estimate of drug-likeness (QED) is 0.194. The Kier molecular flexibility index (Phi) is 18.9. The Morgan fingerprint density at radius 1 is 0.855 bits per heavy atom. The van der Waals surface area contributed by atoms with Crippen LogP contribution >= 0.6 is 0 Å². The van der Waals surface area contributed by atoms with Crippen molar-refractivity contribution < 1.29 is 53.0 Å². The standard InChI is InChI=1S/C43H75NO11/c1-15-36-33(22-51-42-26(5)25(4)40(48)31(10)53-42)18-23(2)16-17-34(45)24(3)19-32(20-38(49-13)50-14)41(28(7)35(46)21-37(47)54-36)55-43-29(8)39(44(11)12)27(6)30(9)52-43/h16-18,24-33,35-36,38-43,46,48H,15,19-22H2,1-14H3/b17-16+,23-18+/t24-,25+,26-,27-,28+,29-,30-,31-,32-,33-,35-,36-,39+,40+,41-,42-,43+/m1/s1. The van der Waals surface area contributed by atoms with Gasteiger partial charge >= 0.3 is 5.97 Å². The van der Waals surface area contributed by atoms with E-state index in [1.165, 1.54) is 0 Å². The van der Waals surface area contributed by atoms with Gasteiger partial charge in [-0.3, -0.25) is 9.59 Å². The first-order valence-electron chi connectivity index (χ1n) is 20.6. The van der Waals surface area contributed by atoms with Crippen LogP contribution in [0.3, 0.4) is 0 Å². The molecular weight excluding hydrogens is 706 g/mol. The first-order chi connectivity index (χ1) is 25.8. The van der Waals surface area contributed by atoms with Crippen LogP contribution in [0, 0.1) is 47.3 Å². The van der Waals surface area contributed by atoms with E-state index in [1.807, 2.05) is 54.5 Å². The van der Waals surface area contributed by atoms with E-state index in [4.69, 9.17) is 33.2 Å². The molecule has 17 atom stereocenters. The van der Waals surface area contributed by atoms with Gasteiger partial charge in [0, 0.05) is 56.3 Å². The summed E-state index contributed by atoms with van der Waals surface area (Å²) in [5.41, 5.74) is 0.818. The third-order valence-corrected chi connectivity index (χ3v) is 12.8. The van der Waals surface area contributed by atoms with E-state index in [2.05, 4.69) is 39.8 Å². The number of carbonyl (C=O) groups excluding carboxylic acids is 2. The Balaban J connectivity index is 2.01. The molecule has 0 spiro atoms. The van der Waals surface area contributed by atoms with E-state index in [-0.39, 0.29) is 72.6 Å². The van der Waals surface area contributed by atoms with Crippen molar-refractivity contribution in [2.45, 2.75) is 156 Å². The molecule has 0 aromatic heterocycles. The van der Waals surface area contributed by atoms with Crippen molar-refractivity contribution >= 4 is 11.8 Å². The highest BCUT2D eigenvalue weighted by Gasteiger charge is 2.45. The lowest BCUT2D eigenvalue weighted by Gasteiger charge is -2.48. The lowest BCUT2D eigenvalue weighted by molar-refractivity contribution is -0.280. The topological polar surface area (TPSA) is 142 Å². The summed E-state index contributed by atoms with van der Waals surface area (Å²) in [6.07, 6.45) is 1.29. The minimum atomic E-state index is -1.13. The molecular formula is C43H75NO11. The minimum absolute atomic E-state index is 0.0168. The number of rotatable bonds is 11. The van der Waals surface area contributed by atoms with E-state index in [1.54, 1.807) is 26.4 Å². The number of aliphatic hydroxyl groups excluding tert-OH is 2. The van der Waals surface area contributed by atoms with E-state index in [9.17, 15) is 19.8 Å². The van der Waals surface area contributed by atoms with Crippen LogP contribution in [-0.4, -0.2) is 123 Å². The molecule has 0 aromatic rings. The molecule has 12 heteroatoms. The van der Waals surface area contributed by atoms with Crippen LogP contribution in [0.15, 0.2) is 23.8 Å². The van der Waals surface area contributed by atoms with E-state index in [0.717, 1.165) is 5.57 Å². The van der Waals surface area contributed by atoms with Gasteiger partial charge in [-0.25, -0.2) is 0 Å². The van der Waals surface area contributed by atoms with Gasteiger partial charge in [0.1, 0.15) is 6.10 Å². The van der Waals surface area contributed by atoms with Crippen molar-refractivity contribution in [2.24, 2.45) is 47.3 Å². The molecule has 0 aliphatic carbocycles. The summed E-state index contributed by atoms with van der Waals surface area (Å²) in [4.78, 5) is 29.7. The summed E-state index contributed by atoms with van der Waals surface area (Å²) in [6, 6.07) is 0.176. The summed E-state index contributed by atoms with van der Waals surface area (Å²) in [5.74, 6) is -2.08. The van der Waals surface area contributed by atoms with Gasteiger partial charge in [-0.1, -0.05) is 66.2 Å². The maximum absolute atomic E-state index is 13.8. The highest BCUT2D eigenvalue weighted by atomic mass is 16.7. The zero-order chi connectivity index (χ0) is 41.3. The molecule has 2 fully saturated rings. The summed E-state index contributed by atoms with van der Waals surface area (Å²) >= 11 is 0. The zero-order valence-corrected chi connectivity index (χ0v) is 36.2. The van der Waals surface area contributed by atoms with Crippen molar-refractivity contribution in [3.63, 3.8) is 0 Å². The van der Waals surface area contributed by atoms with Crippen LogP contribution in [0.25, 0.3) is 0 Å². The van der Waals surface area contributed by atoms with Crippen LogP contribution in [0.5, 0.6) is 0 Å². The zero-order valence-electron chi connectivity index (χ0n) is 36.2. The van der Waals surface area contributed by atoms with Gasteiger partial charge in [0.25, 0.3) is 0 Å². The van der Waals surface area contributed by atoms with Gasteiger partial charge in [-0.15, -0.1) is 0 Å². The van der Waals surface area contributed by atoms with Gasteiger partial charge in [-0.05, 0) is 71.5 Å². The van der Waals surface area contributed by atoms with Crippen LogP contribution in [0.1, 0.15) is 94.9 Å². The smallest absolute Gasteiger partial charge is 0.308 e. The molecule has 2 saturated heterocycles. The number of aliphatic hydroxyl groups is 2. The summed E-state index contributed by atoms with van der Waals surface area (Å²) in [5, 5.41) is 22.4. The highest BCUT2D eigenvalue weighted by molar-refractivity contribution is 5.91. The number of ether oxygens (including phenoxy) is 7. The third kappa shape index (κ3) is 12.6. The fourth-order valence-electron chi connectivity index (χ4n) is 8.86. The van der Waals surface area contributed by atoms with Crippen LogP contribution in [0.4, 0.5) is 0 Å². The van der Waals surface area contributed by atoms with E-state index < -0.39 is 61.1 Å². The van der Waals surface area contributed by atoms with Crippen LogP contribution in [0.2, 0.25) is 0 Å². The molecule has 3 heterocycles. The molecule has 0 radical (unpaired) electrons. The Morgan fingerprint density at radius 3 is 2.09 bits per heavy atom. The predicted molar refractivity (Wildman–Crippen MR) is 211 cm³/mol. The number of cyclic esters (lactones) is 1. The fraction of sp³-hybridized carbons (Fsp3) is 0.860. The Bertz CT molecular complexity index is 1250. The molecule has 0 amide bonds. The van der Waals surface area contributed by atoms with Crippen molar-refractivity contribution in [3.8, 4) is 0 Å². The lowest BCUT2D eigenvalue weighted by Crippen LogP contribution is -2.56. The van der Waals surface area contributed by atoms with Crippen molar-refractivity contribution in [3.05, 3.63) is 23.8 Å².